The number of halogens is 1. The number of carboxylic acid groups (broad SMARTS) is 1. The van der Waals surface area contributed by atoms with Crippen molar-refractivity contribution in [2.24, 2.45) is 10.2 Å². The molecule has 0 saturated heterocycles. The Kier molecular flexibility index (Phi) is 2.71. The molecular weight excluding hydrogens is 244 g/mol. The molecule has 0 fully saturated rings. The van der Waals surface area contributed by atoms with Gasteiger partial charge in [0.05, 0.1) is 10.6 Å². The number of hydrogen-bond donors (Lipinski definition) is 1. The molecule has 1 N–H and O–H groups in total. The van der Waals surface area contributed by atoms with Crippen molar-refractivity contribution in [2.45, 2.75) is 19.9 Å². The van der Waals surface area contributed by atoms with Gasteiger partial charge in [0.1, 0.15) is 5.69 Å². The van der Waals surface area contributed by atoms with Gasteiger partial charge in [-0.3, -0.25) is 4.79 Å². The van der Waals surface area contributed by atoms with Crippen LogP contribution < -0.4 is 0 Å². The fraction of sp³-hybridized carbons (Fsp3) is 0.273. The molecule has 0 radical (unpaired) electrons. The van der Waals surface area contributed by atoms with Crippen molar-refractivity contribution in [1.82, 2.24) is 0 Å². The number of nitrogens with zero attached hydrogens (tertiary/aromatic N) is 2. The zero-order valence-corrected chi connectivity index (χ0v) is 9.95. The summed E-state index contributed by atoms with van der Waals surface area (Å²) in [5.41, 5.74) is 2.00. The van der Waals surface area contributed by atoms with Crippen LogP contribution in [0.1, 0.15) is 21.5 Å². The zero-order valence-electron chi connectivity index (χ0n) is 9.19. The maximum absolute atomic E-state index is 12.0. The second-order valence-electron chi connectivity index (χ2n) is 3.87. The van der Waals surface area contributed by atoms with Crippen LogP contribution in [0.3, 0.4) is 0 Å². The van der Waals surface area contributed by atoms with E-state index in [9.17, 15) is 9.59 Å². The lowest BCUT2D eigenvalue weighted by atomic mass is 9.96. The molecule has 0 amide bonds. The van der Waals surface area contributed by atoms with E-state index in [0.717, 1.165) is 11.1 Å². The predicted octanol–water partition coefficient (Wildman–Crippen LogP) is 2.69. The van der Waals surface area contributed by atoms with Gasteiger partial charge in [0.2, 0.25) is 11.8 Å². The normalized spacial score (nSPS) is 18.1. The topological polar surface area (TPSA) is 79.1 Å². The highest BCUT2D eigenvalue weighted by Crippen LogP contribution is 2.37. The van der Waals surface area contributed by atoms with Crippen LogP contribution in [0.5, 0.6) is 0 Å². The molecule has 0 spiro atoms. The molecule has 1 heterocycles. The number of Topliss-reactive ketones (excluding diaryl/α,β-unsaturated/α-hetero) is 1. The number of azo groups is 1. The average Bonchev–Trinajstić information content (AvgIpc) is 2.25. The Morgan fingerprint density at radius 3 is 2.65 bits per heavy atom. The smallest absolute Gasteiger partial charge is 0.338 e. The Labute approximate surface area is 102 Å². The van der Waals surface area contributed by atoms with E-state index < -0.39 is 17.8 Å². The molecule has 0 saturated carbocycles. The quantitative estimate of drug-likeness (QED) is 0.781. The summed E-state index contributed by atoms with van der Waals surface area (Å²) in [5.74, 6) is -1.93. The zero-order chi connectivity index (χ0) is 12.7. The molecule has 1 aliphatic heterocycles. The summed E-state index contributed by atoms with van der Waals surface area (Å²) in [6.45, 7) is 3.53. The lowest BCUT2D eigenvalue weighted by Crippen LogP contribution is -2.30. The minimum absolute atomic E-state index is 0.159. The summed E-state index contributed by atoms with van der Waals surface area (Å²) in [6.07, 6.45) is 0. The SMILES string of the molecule is Cc1cc(C)c2c(c1Cl)C(=O)C(C(=O)O)N=N2. The summed E-state index contributed by atoms with van der Waals surface area (Å²) >= 11 is 6.03. The summed E-state index contributed by atoms with van der Waals surface area (Å²) in [7, 11) is 0. The van der Waals surface area contributed by atoms with Gasteiger partial charge in [0.15, 0.2) is 0 Å². The van der Waals surface area contributed by atoms with Crippen LogP contribution in [-0.2, 0) is 4.79 Å². The number of aliphatic carboxylic acids is 1. The molecule has 0 aromatic heterocycles. The number of carbonyl (C=O) groups excluding carboxylic acids is 1. The van der Waals surface area contributed by atoms with E-state index in [4.69, 9.17) is 16.7 Å². The first-order chi connectivity index (χ1) is 7.93. The van der Waals surface area contributed by atoms with Crippen LogP contribution in [0.25, 0.3) is 0 Å². The molecule has 2 rings (SSSR count). The van der Waals surface area contributed by atoms with E-state index in [0.29, 0.717) is 5.69 Å². The van der Waals surface area contributed by atoms with Crippen LogP contribution in [0.4, 0.5) is 5.69 Å². The highest BCUT2D eigenvalue weighted by atomic mass is 35.5. The first kappa shape index (κ1) is 11.7. The number of rotatable bonds is 1. The largest absolute Gasteiger partial charge is 0.479 e. The molecule has 1 aromatic carbocycles. The Morgan fingerprint density at radius 1 is 1.41 bits per heavy atom. The number of hydrogen-bond acceptors (Lipinski definition) is 4. The number of carboxylic acids is 1. The van der Waals surface area contributed by atoms with Gasteiger partial charge < -0.3 is 5.11 Å². The van der Waals surface area contributed by atoms with Crippen molar-refractivity contribution >= 4 is 29.0 Å². The minimum Gasteiger partial charge on any atom is -0.479 e. The maximum atomic E-state index is 12.0. The third-order valence-corrected chi connectivity index (χ3v) is 3.10. The fourth-order valence-electron chi connectivity index (χ4n) is 1.77. The van der Waals surface area contributed by atoms with Gasteiger partial charge in [-0.2, -0.15) is 10.2 Å². The Bertz CT molecular complexity index is 566. The standard InChI is InChI=1S/C11H9ClN2O3/c1-4-3-5(2)8-6(7(4)12)10(15)9(11(16)17)14-13-8/h3,9H,1-2H3,(H,16,17). The molecule has 17 heavy (non-hydrogen) atoms. The lowest BCUT2D eigenvalue weighted by molar-refractivity contribution is -0.137. The number of fused-ring (bicyclic) bond motifs is 1. The molecule has 6 heteroatoms. The van der Waals surface area contributed by atoms with Crippen molar-refractivity contribution in [3.8, 4) is 0 Å². The van der Waals surface area contributed by atoms with Crippen molar-refractivity contribution in [3.63, 3.8) is 0 Å². The molecule has 1 atom stereocenters. The van der Waals surface area contributed by atoms with Crippen molar-refractivity contribution < 1.29 is 14.7 Å². The highest BCUT2D eigenvalue weighted by Gasteiger charge is 2.35. The predicted molar refractivity (Wildman–Crippen MR) is 61.2 cm³/mol. The summed E-state index contributed by atoms with van der Waals surface area (Å²) in [4.78, 5) is 22.8. The summed E-state index contributed by atoms with van der Waals surface area (Å²) in [6, 6.07) is 0.301. The van der Waals surface area contributed by atoms with Gasteiger partial charge in [0, 0.05) is 0 Å². The Morgan fingerprint density at radius 2 is 2.06 bits per heavy atom. The third kappa shape index (κ3) is 1.72. The molecule has 1 aliphatic rings. The second-order valence-corrected chi connectivity index (χ2v) is 4.25. The molecule has 1 aromatic rings. The van der Waals surface area contributed by atoms with Crippen molar-refractivity contribution in [3.05, 3.63) is 27.8 Å². The first-order valence-electron chi connectivity index (χ1n) is 4.91. The average molecular weight is 253 g/mol. The Balaban J connectivity index is 2.70. The number of benzene rings is 1. The van der Waals surface area contributed by atoms with Gasteiger partial charge in [-0.25, -0.2) is 4.79 Å². The van der Waals surface area contributed by atoms with E-state index in [-0.39, 0.29) is 10.6 Å². The molecule has 1 unspecified atom stereocenters. The van der Waals surface area contributed by atoms with Gasteiger partial charge in [-0.15, -0.1) is 0 Å². The van der Waals surface area contributed by atoms with Crippen LogP contribution >= 0.6 is 11.6 Å². The fourth-order valence-corrected chi connectivity index (χ4v) is 2.01. The summed E-state index contributed by atoms with van der Waals surface area (Å²) in [5, 5.41) is 16.4. The minimum atomic E-state index is -1.48. The van der Waals surface area contributed by atoms with Crippen LogP contribution in [-0.4, -0.2) is 22.9 Å². The third-order valence-electron chi connectivity index (χ3n) is 2.61. The number of aryl methyl sites for hydroxylation is 2. The van der Waals surface area contributed by atoms with Crippen molar-refractivity contribution in [1.29, 1.82) is 0 Å². The summed E-state index contributed by atoms with van der Waals surface area (Å²) < 4.78 is 0. The molecule has 0 bridgehead atoms. The number of carbonyl (C=O) groups is 2. The molecule has 88 valence electrons. The molecular formula is C11H9ClN2O3. The van der Waals surface area contributed by atoms with Gasteiger partial charge in [0.25, 0.3) is 0 Å². The van der Waals surface area contributed by atoms with Crippen molar-refractivity contribution in [2.75, 3.05) is 0 Å². The Hall–Kier alpha value is -1.75. The maximum Gasteiger partial charge on any atom is 0.338 e. The number of ketones is 1. The van der Waals surface area contributed by atoms with E-state index in [1.165, 1.54) is 0 Å². The van der Waals surface area contributed by atoms with Crippen LogP contribution in [0.2, 0.25) is 5.02 Å². The van der Waals surface area contributed by atoms with Crippen LogP contribution in [0, 0.1) is 13.8 Å². The van der Waals surface area contributed by atoms with Crippen LogP contribution in [0.15, 0.2) is 16.3 Å². The van der Waals surface area contributed by atoms with Gasteiger partial charge in [-0.05, 0) is 25.0 Å². The van der Waals surface area contributed by atoms with E-state index in [1.807, 2.05) is 0 Å². The monoisotopic (exact) mass is 252 g/mol. The van der Waals surface area contributed by atoms with E-state index >= 15 is 0 Å². The molecule has 0 aliphatic carbocycles. The first-order valence-corrected chi connectivity index (χ1v) is 5.29. The van der Waals surface area contributed by atoms with Gasteiger partial charge >= 0.3 is 5.97 Å². The molecule has 5 nitrogen and oxygen atoms in total. The van der Waals surface area contributed by atoms with E-state index in [2.05, 4.69) is 10.2 Å². The lowest BCUT2D eigenvalue weighted by Gasteiger charge is -2.17. The van der Waals surface area contributed by atoms with Gasteiger partial charge in [-0.1, -0.05) is 17.7 Å². The second kappa shape index (κ2) is 3.92. The highest BCUT2D eigenvalue weighted by molar-refractivity contribution is 6.36. The van der Waals surface area contributed by atoms with E-state index in [1.54, 1.807) is 19.9 Å².